The molecule has 0 bridgehead atoms. The number of allylic oxidation sites excluding steroid dienone is 1. The molecule has 7 heteroatoms. The molecule has 0 N–H and O–H groups in total. The van der Waals surface area contributed by atoms with Crippen molar-refractivity contribution in [1.29, 1.82) is 5.26 Å². The third-order valence-corrected chi connectivity index (χ3v) is 2.07. The molecule has 0 aliphatic carbocycles. The van der Waals surface area contributed by atoms with E-state index >= 15 is 0 Å². The van der Waals surface area contributed by atoms with E-state index < -0.39 is 28.9 Å². The van der Waals surface area contributed by atoms with Gasteiger partial charge in [-0.3, -0.25) is 0 Å². The molecule has 0 spiro atoms. The van der Waals surface area contributed by atoms with E-state index in [0.717, 1.165) is 6.07 Å². The number of carbonyl (C=O) groups is 1. The Morgan fingerprint density at radius 1 is 1.56 bits per heavy atom. The Morgan fingerprint density at radius 3 is 2.38 bits per heavy atom. The molecule has 1 unspecified atom stereocenters. The van der Waals surface area contributed by atoms with E-state index in [9.17, 15) is 18.0 Å². The molecule has 0 radical (unpaired) electrons. The second-order valence-electron chi connectivity index (χ2n) is 2.92. The first-order valence-corrected chi connectivity index (χ1v) is 4.69. The Bertz CT molecular complexity index is 344. The van der Waals surface area contributed by atoms with Crippen LogP contribution in [0.5, 0.6) is 0 Å². The molecule has 0 heterocycles. The van der Waals surface area contributed by atoms with Crippen LogP contribution in [-0.2, 0) is 9.53 Å². The van der Waals surface area contributed by atoms with Crippen LogP contribution in [-0.4, -0.2) is 18.2 Å². The molecular formula is C9H9ClF3NO2. The normalized spacial score (nSPS) is 14.8. The largest absolute Gasteiger partial charge is 0.459 e. The van der Waals surface area contributed by atoms with Gasteiger partial charge in [-0.25, -0.2) is 4.79 Å². The van der Waals surface area contributed by atoms with Crippen LogP contribution >= 0.6 is 11.6 Å². The van der Waals surface area contributed by atoms with Gasteiger partial charge < -0.3 is 4.74 Å². The Balaban J connectivity index is 5.04. The van der Waals surface area contributed by atoms with Crippen molar-refractivity contribution in [3.8, 4) is 6.07 Å². The maximum Gasteiger partial charge on any atom is 0.428 e. The van der Waals surface area contributed by atoms with Crippen molar-refractivity contribution in [2.75, 3.05) is 0 Å². The van der Waals surface area contributed by atoms with Gasteiger partial charge in [0.1, 0.15) is 11.1 Å². The van der Waals surface area contributed by atoms with E-state index in [1.807, 2.05) is 0 Å². The fourth-order valence-electron chi connectivity index (χ4n) is 0.651. The third-order valence-electron chi connectivity index (χ3n) is 1.67. The van der Waals surface area contributed by atoms with Crippen molar-refractivity contribution in [2.45, 2.75) is 32.5 Å². The molecule has 0 fully saturated rings. The molecule has 0 aliphatic heterocycles. The van der Waals surface area contributed by atoms with E-state index in [1.54, 1.807) is 6.92 Å². The number of nitrogens with zero attached hydrogens (tertiary/aromatic N) is 1. The minimum Gasteiger partial charge on any atom is -0.459 e. The predicted octanol–water partition coefficient (Wildman–Crippen LogP) is 2.91. The van der Waals surface area contributed by atoms with Gasteiger partial charge in [-0.05, 0) is 13.3 Å². The predicted molar refractivity (Wildman–Crippen MR) is 50.4 cm³/mol. The van der Waals surface area contributed by atoms with Gasteiger partial charge in [0.15, 0.2) is 5.57 Å². The van der Waals surface area contributed by atoms with Gasteiger partial charge in [-0.1, -0.05) is 18.5 Å². The standard InChI is InChI=1S/C9H9ClF3NO2/c1-3-5(2)16-8(15)6(4-14)7(10)9(11,12)13/h5H,3H2,1-2H3/b7-6+. The van der Waals surface area contributed by atoms with Crippen LogP contribution in [0.25, 0.3) is 0 Å². The Labute approximate surface area is 95.4 Å². The lowest BCUT2D eigenvalue weighted by Crippen LogP contribution is -2.19. The summed E-state index contributed by atoms with van der Waals surface area (Å²) in [6, 6.07) is 1.09. The first-order chi connectivity index (χ1) is 7.23. The Morgan fingerprint density at radius 2 is 2.06 bits per heavy atom. The topological polar surface area (TPSA) is 50.1 Å². The molecule has 0 saturated heterocycles. The minimum atomic E-state index is -4.93. The van der Waals surface area contributed by atoms with Crippen molar-refractivity contribution in [2.24, 2.45) is 0 Å². The highest BCUT2D eigenvalue weighted by molar-refractivity contribution is 6.33. The van der Waals surface area contributed by atoms with Crippen LogP contribution in [0.15, 0.2) is 10.6 Å². The molecule has 1 atom stereocenters. The second kappa shape index (κ2) is 5.75. The first kappa shape index (κ1) is 14.8. The Hall–Kier alpha value is -1.22. The zero-order valence-electron chi connectivity index (χ0n) is 8.56. The number of hydrogen-bond acceptors (Lipinski definition) is 3. The zero-order chi connectivity index (χ0) is 12.9. The van der Waals surface area contributed by atoms with Crippen LogP contribution in [0.3, 0.4) is 0 Å². The summed E-state index contributed by atoms with van der Waals surface area (Å²) in [5, 5.41) is 6.66. The highest BCUT2D eigenvalue weighted by Crippen LogP contribution is 2.31. The van der Waals surface area contributed by atoms with Gasteiger partial charge >= 0.3 is 12.1 Å². The van der Waals surface area contributed by atoms with E-state index in [2.05, 4.69) is 4.74 Å². The lowest BCUT2D eigenvalue weighted by molar-refractivity contribution is -0.144. The second-order valence-corrected chi connectivity index (χ2v) is 3.30. The van der Waals surface area contributed by atoms with Gasteiger partial charge in [0.25, 0.3) is 0 Å². The maximum absolute atomic E-state index is 12.1. The molecule has 0 rings (SSSR count). The van der Waals surface area contributed by atoms with Crippen LogP contribution in [0.2, 0.25) is 0 Å². The van der Waals surface area contributed by atoms with Crippen molar-refractivity contribution in [3.05, 3.63) is 10.6 Å². The fraction of sp³-hybridized carbons (Fsp3) is 0.556. The fourth-order valence-corrected chi connectivity index (χ4v) is 0.770. The molecule has 0 aliphatic rings. The highest BCUT2D eigenvalue weighted by atomic mass is 35.5. The molecule has 0 aromatic carbocycles. The molecule has 0 amide bonds. The van der Waals surface area contributed by atoms with Gasteiger partial charge in [0.2, 0.25) is 0 Å². The molecule has 90 valence electrons. The number of nitriles is 1. The summed E-state index contributed by atoms with van der Waals surface area (Å²) in [7, 11) is 0. The quantitative estimate of drug-likeness (QED) is 0.443. The van der Waals surface area contributed by atoms with Gasteiger partial charge in [0, 0.05) is 0 Å². The van der Waals surface area contributed by atoms with E-state index in [-0.39, 0.29) is 0 Å². The van der Waals surface area contributed by atoms with Crippen molar-refractivity contribution >= 4 is 17.6 Å². The monoisotopic (exact) mass is 255 g/mol. The summed E-state index contributed by atoms with van der Waals surface area (Å²) in [5.74, 6) is -1.36. The molecule has 0 aromatic rings. The lowest BCUT2D eigenvalue weighted by Gasteiger charge is -2.11. The van der Waals surface area contributed by atoms with Crippen LogP contribution in [0.1, 0.15) is 20.3 Å². The van der Waals surface area contributed by atoms with Crippen molar-refractivity contribution < 1.29 is 22.7 Å². The van der Waals surface area contributed by atoms with Crippen LogP contribution in [0.4, 0.5) is 13.2 Å². The number of ether oxygens (including phenoxy) is 1. The average molecular weight is 256 g/mol. The number of hydrogen-bond donors (Lipinski definition) is 0. The summed E-state index contributed by atoms with van der Waals surface area (Å²) in [4.78, 5) is 11.1. The van der Waals surface area contributed by atoms with Gasteiger partial charge in [-0.15, -0.1) is 0 Å². The lowest BCUT2D eigenvalue weighted by atomic mass is 10.2. The number of alkyl halides is 3. The smallest absolute Gasteiger partial charge is 0.428 e. The summed E-state index contributed by atoms with van der Waals surface area (Å²) < 4.78 is 40.9. The third kappa shape index (κ3) is 4.11. The van der Waals surface area contributed by atoms with Crippen molar-refractivity contribution in [3.63, 3.8) is 0 Å². The van der Waals surface area contributed by atoms with Crippen LogP contribution < -0.4 is 0 Å². The number of halogens is 4. The summed E-state index contributed by atoms with van der Waals surface area (Å²) >= 11 is 4.88. The number of rotatable bonds is 3. The molecule has 3 nitrogen and oxygen atoms in total. The average Bonchev–Trinajstić information content (AvgIpc) is 2.17. The van der Waals surface area contributed by atoms with Crippen LogP contribution in [0, 0.1) is 11.3 Å². The van der Waals surface area contributed by atoms with Gasteiger partial charge in [-0.2, -0.15) is 18.4 Å². The molecule has 0 aromatic heterocycles. The van der Waals surface area contributed by atoms with E-state index in [4.69, 9.17) is 16.9 Å². The number of esters is 1. The first-order valence-electron chi connectivity index (χ1n) is 4.32. The SMILES string of the molecule is CCC(C)OC(=O)/C(C#N)=C(/Cl)C(F)(F)F. The number of carbonyl (C=O) groups excluding carboxylic acids is 1. The van der Waals surface area contributed by atoms with Crippen molar-refractivity contribution in [1.82, 2.24) is 0 Å². The molecule has 0 saturated carbocycles. The molecular weight excluding hydrogens is 247 g/mol. The van der Waals surface area contributed by atoms with E-state index in [1.165, 1.54) is 6.92 Å². The maximum atomic E-state index is 12.1. The summed E-state index contributed by atoms with van der Waals surface area (Å²) in [5.41, 5.74) is -1.23. The minimum absolute atomic E-state index is 0.425. The van der Waals surface area contributed by atoms with Gasteiger partial charge in [0.05, 0.1) is 6.10 Å². The Kier molecular flexibility index (Phi) is 5.31. The van der Waals surface area contributed by atoms with E-state index in [0.29, 0.717) is 6.42 Å². The highest BCUT2D eigenvalue weighted by Gasteiger charge is 2.38. The summed E-state index contributed by atoms with van der Waals surface area (Å²) in [6.07, 6.45) is -5.08. The summed E-state index contributed by atoms with van der Waals surface area (Å²) in [6.45, 7) is 3.17. The zero-order valence-corrected chi connectivity index (χ0v) is 9.32. The molecule has 16 heavy (non-hydrogen) atoms.